The third-order valence-corrected chi connectivity index (χ3v) is 8.13. The van der Waals surface area contributed by atoms with Crippen molar-refractivity contribution in [3.63, 3.8) is 0 Å². The van der Waals surface area contributed by atoms with Gasteiger partial charge in [0.15, 0.2) is 11.5 Å². The molecule has 2 atom stereocenters. The van der Waals surface area contributed by atoms with Crippen LogP contribution in [0.2, 0.25) is 0 Å². The van der Waals surface area contributed by atoms with E-state index in [1.165, 1.54) is 11.9 Å². The van der Waals surface area contributed by atoms with Crippen LogP contribution in [0.5, 0.6) is 0 Å². The molecule has 2 saturated carbocycles. The van der Waals surface area contributed by atoms with Crippen LogP contribution in [0.15, 0.2) is 43.0 Å². The SMILES string of the molecule is Cc1ccnc([C@H]2C[C@@H]2C(=O)Nc2cc(N(C)Cc3cn4cc(C5CC5)cc(N5CC(=O)N(C)C5=O)c4n3)cnn2)n1. The van der Waals surface area contributed by atoms with E-state index in [0.717, 1.165) is 40.4 Å². The van der Waals surface area contributed by atoms with E-state index in [0.29, 0.717) is 41.9 Å². The van der Waals surface area contributed by atoms with Crippen molar-refractivity contribution in [2.24, 2.45) is 5.92 Å². The average Bonchev–Trinajstić information content (AvgIpc) is 3.90. The van der Waals surface area contributed by atoms with Gasteiger partial charge in [-0.2, -0.15) is 5.10 Å². The molecule has 7 rings (SSSR count). The monoisotopic (exact) mass is 566 g/mol. The maximum atomic E-state index is 12.9. The van der Waals surface area contributed by atoms with Crippen LogP contribution < -0.4 is 15.1 Å². The number of hydrogen-bond acceptors (Lipinski definition) is 9. The molecule has 4 aromatic rings. The van der Waals surface area contributed by atoms with Crippen LogP contribution >= 0.6 is 0 Å². The maximum absolute atomic E-state index is 12.9. The van der Waals surface area contributed by atoms with Gasteiger partial charge in [0.1, 0.15) is 12.4 Å². The second-order valence-electron chi connectivity index (χ2n) is 11.4. The van der Waals surface area contributed by atoms with Crippen LogP contribution in [0.3, 0.4) is 0 Å². The number of carbonyl (C=O) groups excluding carboxylic acids is 3. The number of amides is 4. The molecule has 4 aromatic heterocycles. The van der Waals surface area contributed by atoms with Gasteiger partial charge in [-0.1, -0.05) is 0 Å². The molecule has 1 saturated heterocycles. The number of urea groups is 1. The number of rotatable bonds is 8. The number of aromatic nitrogens is 6. The minimum absolute atomic E-state index is 0.00198. The summed E-state index contributed by atoms with van der Waals surface area (Å²) in [4.78, 5) is 56.2. The summed E-state index contributed by atoms with van der Waals surface area (Å²) >= 11 is 0. The van der Waals surface area contributed by atoms with Crippen molar-refractivity contribution in [3.05, 3.63) is 65.8 Å². The van der Waals surface area contributed by atoms with E-state index >= 15 is 0 Å². The number of aryl methyl sites for hydroxylation is 1. The minimum atomic E-state index is -0.349. The van der Waals surface area contributed by atoms with Crippen molar-refractivity contribution in [1.82, 2.24) is 34.4 Å². The lowest BCUT2D eigenvalue weighted by molar-refractivity contribution is -0.124. The molecule has 1 N–H and O–H groups in total. The molecule has 214 valence electrons. The Balaban J connectivity index is 1.08. The molecule has 0 bridgehead atoms. The molecule has 42 heavy (non-hydrogen) atoms. The van der Waals surface area contributed by atoms with Gasteiger partial charge >= 0.3 is 6.03 Å². The van der Waals surface area contributed by atoms with E-state index in [9.17, 15) is 14.4 Å². The first-order valence-electron chi connectivity index (χ1n) is 14.0. The molecule has 0 aromatic carbocycles. The fourth-order valence-electron chi connectivity index (χ4n) is 5.45. The molecule has 2 aliphatic carbocycles. The van der Waals surface area contributed by atoms with E-state index in [4.69, 9.17) is 4.98 Å². The van der Waals surface area contributed by atoms with Crippen molar-refractivity contribution < 1.29 is 14.4 Å². The fraction of sp³-hybridized carbons (Fsp3) is 0.379. The summed E-state index contributed by atoms with van der Waals surface area (Å²) in [6.07, 6.45) is 10.3. The summed E-state index contributed by atoms with van der Waals surface area (Å²) in [6, 6.07) is 5.26. The Morgan fingerprint density at radius 3 is 2.74 bits per heavy atom. The van der Waals surface area contributed by atoms with E-state index in [1.807, 2.05) is 41.6 Å². The zero-order valence-electron chi connectivity index (χ0n) is 23.6. The van der Waals surface area contributed by atoms with Gasteiger partial charge in [0, 0.05) is 56.3 Å². The second kappa shape index (κ2) is 9.86. The number of carbonyl (C=O) groups is 3. The van der Waals surface area contributed by atoms with Crippen molar-refractivity contribution in [1.29, 1.82) is 0 Å². The van der Waals surface area contributed by atoms with Gasteiger partial charge in [-0.15, -0.1) is 5.10 Å². The topological polar surface area (TPSA) is 142 Å². The summed E-state index contributed by atoms with van der Waals surface area (Å²) in [6.45, 7) is 2.35. The third-order valence-electron chi connectivity index (χ3n) is 8.13. The lowest BCUT2D eigenvalue weighted by atomic mass is 10.1. The van der Waals surface area contributed by atoms with Gasteiger partial charge in [-0.25, -0.2) is 19.7 Å². The largest absolute Gasteiger partial charge is 0.367 e. The zero-order valence-corrected chi connectivity index (χ0v) is 23.6. The van der Waals surface area contributed by atoms with Crippen LogP contribution in [0.4, 0.5) is 22.0 Å². The highest BCUT2D eigenvalue weighted by Gasteiger charge is 2.46. The Kier molecular flexibility index (Phi) is 6.10. The van der Waals surface area contributed by atoms with Crippen LogP contribution in [0.1, 0.15) is 53.9 Å². The summed E-state index contributed by atoms with van der Waals surface area (Å²) in [7, 11) is 3.41. The lowest BCUT2D eigenvalue weighted by Crippen LogP contribution is -2.30. The molecule has 1 aliphatic heterocycles. The highest BCUT2D eigenvalue weighted by atomic mass is 16.2. The molecular formula is C29H30N10O3. The number of imidazole rings is 1. The summed E-state index contributed by atoms with van der Waals surface area (Å²) in [5, 5.41) is 11.1. The minimum Gasteiger partial charge on any atom is -0.367 e. The number of anilines is 3. The number of pyridine rings is 1. The van der Waals surface area contributed by atoms with Crippen molar-refractivity contribution in [2.75, 3.05) is 35.8 Å². The molecule has 13 nitrogen and oxygen atoms in total. The number of nitrogens with zero attached hydrogens (tertiary/aromatic N) is 9. The number of imide groups is 1. The predicted octanol–water partition coefficient (Wildman–Crippen LogP) is 2.88. The molecule has 3 fully saturated rings. The van der Waals surface area contributed by atoms with Crippen molar-refractivity contribution in [2.45, 2.75) is 44.6 Å². The van der Waals surface area contributed by atoms with Crippen molar-refractivity contribution >= 4 is 40.7 Å². The van der Waals surface area contributed by atoms with E-state index in [-0.39, 0.29) is 36.2 Å². The predicted molar refractivity (Wildman–Crippen MR) is 153 cm³/mol. The van der Waals surface area contributed by atoms with Gasteiger partial charge in [-0.05, 0) is 49.8 Å². The molecule has 0 spiro atoms. The van der Waals surface area contributed by atoms with Crippen molar-refractivity contribution in [3.8, 4) is 0 Å². The Morgan fingerprint density at radius 1 is 1.17 bits per heavy atom. The molecule has 0 unspecified atom stereocenters. The Labute approximate surface area is 241 Å². The fourth-order valence-corrected chi connectivity index (χ4v) is 5.45. The summed E-state index contributed by atoms with van der Waals surface area (Å²) < 4.78 is 1.95. The van der Waals surface area contributed by atoms with Gasteiger partial charge < -0.3 is 14.6 Å². The van der Waals surface area contributed by atoms with E-state index in [2.05, 4.69) is 31.7 Å². The van der Waals surface area contributed by atoms with Crippen LogP contribution in [0.25, 0.3) is 5.65 Å². The third kappa shape index (κ3) is 4.80. The standard InChI is InChI=1S/C29H30N10O3/c1-16-6-7-30-26(32-16)21-10-22(21)28(41)34-24-9-20(11-31-35-24)36(2)13-19-14-38-12-18(17-4-5-17)8-23(27(38)33-19)39-15-25(40)37(3)29(39)42/h6-9,11-12,14,17,21-22H,4-5,10,13,15H2,1-3H3,(H,34,35,41)/t21-,22-/m0/s1. The Morgan fingerprint density at radius 2 is 2.00 bits per heavy atom. The summed E-state index contributed by atoms with van der Waals surface area (Å²) in [5.74, 6) is 0.975. The van der Waals surface area contributed by atoms with Crippen LogP contribution in [-0.4, -0.2) is 72.9 Å². The quantitative estimate of drug-likeness (QED) is 0.319. The van der Waals surface area contributed by atoms with Crippen LogP contribution in [-0.2, 0) is 16.1 Å². The summed E-state index contributed by atoms with van der Waals surface area (Å²) in [5.41, 5.74) is 4.81. The molecule has 13 heteroatoms. The molecule has 3 aliphatic rings. The number of fused-ring (bicyclic) bond motifs is 1. The Bertz CT molecular complexity index is 1750. The number of likely N-dealkylation sites (N-methyl/N-ethyl adjacent to an activating group) is 1. The van der Waals surface area contributed by atoms with Gasteiger partial charge in [0.05, 0.1) is 29.8 Å². The van der Waals surface area contributed by atoms with E-state index in [1.54, 1.807) is 18.5 Å². The second-order valence-corrected chi connectivity index (χ2v) is 11.4. The average molecular weight is 567 g/mol. The molecular weight excluding hydrogens is 536 g/mol. The molecule has 4 amide bonds. The molecule has 0 radical (unpaired) electrons. The van der Waals surface area contributed by atoms with Gasteiger partial charge in [-0.3, -0.25) is 19.4 Å². The maximum Gasteiger partial charge on any atom is 0.331 e. The first kappa shape index (κ1) is 26.0. The Hall–Kier alpha value is -4.94. The first-order chi connectivity index (χ1) is 20.2. The van der Waals surface area contributed by atoms with E-state index < -0.39 is 0 Å². The molecule has 5 heterocycles. The van der Waals surface area contributed by atoms with Gasteiger partial charge in [0.25, 0.3) is 0 Å². The number of nitrogens with one attached hydrogen (secondary N) is 1. The highest BCUT2D eigenvalue weighted by molar-refractivity contribution is 6.13. The van der Waals surface area contributed by atoms with Crippen LogP contribution in [0, 0.1) is 12.8 Å². The first-order valence-corrected chi connectivity index (χ1v) is 14.0. The highest BCUT2D eigenvalue weighted by Crippen LogP contribution is 2.46. The normalized spacial score (nSPS) is 20.0. The number of hydrogen-bond donors (Lipinski definition) is 1. The van der Waals surface area contributed by atoms with Gasteiger partial charge in [0.2, 0.25) is 11.8 Å². The smallest absolute Gasteiger partial charge is 0.331 e. The zero-order chi connectivity index (χ0) is 29.1. The lowest BCUT2D eigenvalue weighted by Gasteiger charge is -2.18.